The van der Waals surface area contributed by atoms with Crippen LogP contribution in [0.25, 0.3) is 0 Å². The van der Waals surface area contributed by atoms with Crippen molar-refractivity contribution < 1.29 is 24.2 Å². The van der Waals surface area contributed by atoms with Crippen LogP contribution in [0.3, 0.4) is 0 Å². The summed E-state index contributed by atoms with van der Waals surface area (Å²) in [5.74, 6) is -0.386. The number of aromatic carboxylic acids is 1. The van der Waals surface area contributed by atoms with E-state index >= 15 is 0 Å². The molecule has 25 heavy (non-hydrogen) atoms. The average molecular weight is 366 g/mol. The number of amides is 2. The molecule has 0 aliphatic carbocycles. The number of anilines is 1. The predicted molar refractivity (Wildman–Crippen MR) is 95.6 cm³/mol. The molecule has 1 aromatic carbocycles. The maximum Gasteiger partial charge on any atom is 0.335 e. The number of carboxylic acids is 1. The Hall–Kier alpha value is -2.06. The molecule has 1 aliphatic rings. The second-order valence-corrected chi connectivity index (χ2v) is 6.78. The molecule has 1 unspecified atom stereocenters. The van der Waals surface area contributed by atoms with Gasteiger partial charge >= 0.3 is 5.97 Å². The van der Waals surface area contributed by atoms with Gasteiger partial charge in [0.15, 0.2) is 0 Å². The van der Waals surface area contributed by atoms with Gasteiger partial charge in [0.05, 0.1) is 18.0 Å². The molecule has 1 fully saturated rings. The van der Waals surface area contributed by atoms with E-state index in [9.17, 15) is 19.5 Å². The molecule has 0 aromatic heterocycles. The maximum atomic E-state index is 12.6. The van der Waals surface area contributed by atoms with Crippen LogP contribution in [-0.2, 0) is 20.9 Å². The average Bonchev–Trinajstić information content (AvgIpc) is 3.05. The fourth-order valence-electron chi connectivity index (χ4n) is 2.63. The first kappa shape index (κ1) is 19.3. The number of benzene rings is 1. The molecule has 2 N–H and O–H groups in total. The SMILES string of the molecule is CCCC(=O)N1CSCC1C(=O)Nc1cc(COC)cc(C(=O)O)c1. The van der Waals surface area contributed by atoms with Gasteiger partial charge in [0.25, 0.3) is 0 Å². The number of ether oxygens (including phenoxy) is 1. The van der Waals surface area contributed by atoms with Crippen molar-refractivity contribution in [2.24, 2.45) is 0 Å². The Morgan fingerprint density at radius 1 is 1.36 bits per heavy atom. The van der Waals surface area contributed by atoms with Gasteiger partial charge in [0, 0.05) is 25.0 Å². The van der Waals surface area contributed by atoms with Gasteiger partial charge in [0.1, 0.15) is 6.04 Å². The number of nitrogens with zero attached hydrogens (tertiary/aromatic N) is 1. The van der Waals surface area contributed by atoms with E-state index in [1.807, 2.05) is 6.92 Å². The van der Waals surface area contributed by atoms with E-state index in [1.165, 1.54) is 31.0 Å². The Bertz CT molecular complexity index is 664. The molecule has 1 aliphatic heterocycles. The van der Waals surface area contributed by atoms with Crippen molar-refractivity contribution in [2.75, 3.05) is 24.1 Å². The third-order valence-electron chi connectivity index (χ3n) is 3.79. The number of methoxy groups -OCH3 is 1. The molecule has 1 saturated heterocycles. The van der Waals surface area contributed by atoms with E-state index in [0.717, 1.165) is 6.42 Å². The molecule has 0 saturated carbocycles. The minimum atomic E-state index is -1.08. The summed E-state index contributed by atoms with van der Waals surface area (Å²) in [6, 6.07) is 4.04. The first-order chi connectivity index (χ1) is 12.0. The molecule has 136 valence electrons. The lowest BCUT2D eigenvalue weighted by Crippen LogP contribution is -2.44. The number of hydrogen-bond donors (Lipinski definition) is 2. The van der Waals surface area contributed by atoms with Crippen LogP contribution in [-0.4, -0.2) is 52.6 Å². The third kappa shape index (κ3) is 4.96. The van der Waals surface area contributed by atoms with Gasteiger partial charge < -0.3 is 20.1 Å². The molecule has 1 aromatic rings. The lowest BCUT2D eigenvalue weighted by molar-refractivity contribution is -0.136. The van der Waals surface area contributed by atoms with Crippen LogP contribution >= 0.6 is 11.8 Å². The van der Waals surface area contributed by atoms with Crippen molar-refractivity contribution >= 4 is 35.2 Å². The molecule has 0 bridgehead atoms. The zero-order valence-electron chi connectivity index (χ0n) is 14.3. The van der Waals surface area contributed by atoms with Gasteiger partial charge in [-0.25, -0.2) is 4.79 Å². The van der Waals surface area contributed by atoms with Crippen molar-refractivity contribution in [3.8, 4) is 0 Å². The van der Waals surface area contributed by atoms with Gasteiger partial charge in [-0.05, 0) is 30.2 Å². The predicted octanol–water partition coefficient (Wildman–Crippen LogP) is 2.17. The van der Waals surface area contributed by atoms with Crippen molar-refractivity contribution in [3.05, 3.63) is 29.3 Å². The van der Waals surface area contributed by atoms with Gasteiger partial charge in [-0.2, -0.15) is 0 Å². The number of carboxylic acid groups (broad SMARTS) is 1. The summed E-state index contributed by atoms with van der Waals surface area (Å²) in [7, 11) is 1.51. The zero-order valence-corrected chi connectivity index (χ0v) is 15.1. The van der Waals surface area contributed by atoms with Crippen molar-refractivity contribution in [1.29, 1.82) is 0 Å². The third-order valence-corrected chi connectivity index (χ3v) is 4.80. The summed E-state index contributed by atoms with van der Waals surface area (Å²) in [5, 5.41) is 12.0. The van der Waals surface area contributed by atoms with Crippen LogP contribution in [0.4, 0.5) is 5.69 Å². The molecule has 0 radical (unpaired) electrons. The lowest BCUT2D eigenvalue weighted by atomic mass is 10.1. The number of nitrogens with one attached hydrogen (secondary N) is 1. The number of carbonyl (C=O) groups is 3. The van der Waals surface area contributed by atoms with Crippen LogP contribution in [0.1, 0.15) is 35.7 Å². The maximum absolute atomic E-state index is 12.6. The van der Waals surface area contributed by atoms with Gasteiger partial charge in [0.2, 0.25) is 11.8 Å². The van der Waals surface area contributed by atoms with Crippen LogP contribution in [0.5, 0.6) is 0 Å². The van der Waals surface area contributed by atoms with E-state index in [4.69, 9.17) is 4.74 Å². The smallest absolute Gasteiger partial charge is 0.335 e. The van der Waals surface area contributed by atoms with Gasteiger partial charge in [-0.15, -0.1) is 11.8 Å². The number of thioether (sulfide) groups is 1. The molecule has 2 amide bonds. The van der Waals surface area contributed by atoms with Crippen LogP contribution in [0.15, 0.2) is 18.2 Å². The van der Waals surface area contributed by atoms with Crippen LogP contribution in [0.2, 0.25) is 0 Å². The van der Waals surface area contributed by atoms with E-state index in [-0.39, 0.29) is 24.0 Å². The van der Waals surface area contributed by atoms with E-state index in [2.05, 4.69) is 5.32 Å². The number of hydrogen-bond acceptors (Lipinski definition) is 5. The molecule has 0 spiro atoms. The second-order valence-electron chi connectivity index (χ2n) is 5.78. The van der Waals surface area contributed by atoms with Crippen molar-refractivity contribution in [2.45, 2.75) is 32.4 Å². The summed E-state index contributed by atoms with van der Waals surface area (Å²) in [6.45, 7) is 2.16. The number of rotatable bonds is 7. The molecule has 2 rings (SSSR count). The van der Waals surface area contributed by atoms with E-state index < -0.39 is 12.0 Å². The minimum absolute atomic E-state index is 0.0352. The highest BCUT2D eigenvalue weighted by molar-refractivity contribution is 7.99. The van der Waals surface area contributed by atoms with E-state index in [0.29, 0.717) is 29.3 Å². The summed E-state index contributed by atoms with van der Waals surface area (Å²) >= 11 is 1.53. The zero-order chi connectivity index (χ0) is 18.4. The van der Waals surface area contributed by atoms with Crippen molar-refractivity contribution in [3.63, 3.8) is 0 Å². The molecule has 1 heterocycles. The van der Waals surface area contributed by atoms with Crippen LogP contribution < -0.4 is 5.32 Å². The Morgan fingerprint density at radius 2 is 2.12 bits per heavy atom. The Labute approximate surface area is 150 Å². The highest BCUT2D eigenvalue weighted by Crippen LogP contribution is 2.24. The summed E-state index contributed by atoms with van der Waals surface area (Å²) < 4.78 is 5.04. The quantitative estimate of drug-likeness (QED) is 0.768. The molecular formula is C17H22N2O5S. The molecular weight excluding hydrogens is 344 g/mol. The Morgan fingerprint density at radius 3 is 2.76 bits per heavy atom. The fourth-order valence-corrected chi connectivity index (χ4v) is 3.81. The lowest BCUT2D eigenvalue weighted by Gasteiger charge is -2.23. The summed E-state index contributed by atoms with van der Waals surface area (Å²) in [5.41, 5.74) is 1.11. The Kier molecular flexibility index (Phi) is 6.83. The van der Waals surface area contributed by atoms with Gasteiger partial charge in [-0.1, -0.05) is 6.92 Å². The molecule has 8 heteroatoms. The molecule has 7 nitrogen and oxygen atoms in total. The largest absolute Gasteiger partial charge is 0.478 e. The second kappa shape index (κ2) is 8.87. The minimum Gasteiger partial charge on any atom is -0.478 e. The topological polar surface area (TPSA) is 95.9 Å². The Balaban J connectivity index is 2.16. The standard InChI is InChI=1S/C17H22N2O5S/c1-3-4-15(20)19-10-25-9-14(19)16(21)18-13-6-11(8-24-2)5-12(7-13)17(22)23/h5-7,14H,3-4,8-10H2,1-2H3,(H,18,21)(H,22,23). The first-order valence-corrected chi connectivity index (χ1v) is 9.16. The highest BCUT2D eigenvalue weighted by Gasteiger charge is 2.34. The highest BCUT2D eigenvalue weighted by atomic mass is 32.2. The summed E-state index contributed by atoms with van der Waals surface area (Å²) in [6.07, 6.45) is 1.15. The van der Waals surface area contributed by atoms with E-state index in [1.54, 1.807) is 11.0 Å². The first-order valence-electron chi connectivity index (χ1n) is 8.00. The monoisotopic (exact) mass is 366 g/mol. The summed E-state index contributed by atoms with van der Waals surface area (Å²) in [4.78, 5) is 37.6. The fraction of sp³-hybridized carbons (Fsp3) is 0.471. The number of carbonyl (C=O) groups excluding carboxylic acids is 2. The normalized spacial score (nSPS) is 16.7. The molecule has 1 atom stereocenters. The van der Waals surface area contributed by atoms with Crippen LogP contribution in [0, 0.1) is 0 Å². The van der Waals surface area contributed by atoms with Crippen molar-refractivity contribution in [1.82, 2.24) is 4.90 Å². The van der Waals surface area contributed by atoms with Gasteiger partial charge in [-0.3, -0.25) is 9.59 Å².